The number of amides is 1. The molecule has 0 aromatic heterocycles. The molecular weight excluding hydrogens is 598 g/mol. The molecule has 0 heterocycles. The number of aliphatic hydroxyl groups excluding tert-OH is 4. The van der Waals surface area contributed by atoms with E-state index in [1.165, 1.54) is 154 Å². The van der Waals surface area contributed by atoms with E-state index in [4.69, 9.17) is 0 Å². The highest BCUT2D eigenvalue weighted by molar-refractivity contribution is 5.80. The summed E-state index contributed by atoms with van der Waals surface area (Å²) >= 11 is 0. The third kappa shape index (κ3) is 31.3. The molecule has 6 heteroatoms. The standard InChI is InChI=1S/C42H85NO5/c1-4-5-6-7-8-9-10-11-12-13-14-15-16-19-23-26-29-32-35-40(46)42(48)43-38(36-44)41(47)39(45)34-31-28-25-22-20-17-18-21-24-27-30-33-37(2)3/h37-41,44-47H,4-36H2,1-3H3,(H,43,48). The lowest BCUT2D eigenvalue weighted by Crippen LogP contribution is -2.53. The highest BCUT2D eigenvalue weighted by atomic mass is 16.3. The number of aliphatic hydroxyl groups is 4. The van der Waals surface area contributed by atoms with Gasteiger partial charge in [0, 0.05) is 0 Å². The van der Waals surface area contributed by atoms with Crippen LogP contribution in [0.4, 0.5) is 0 Å². The molecule has 0 aliphatic carbocycles. The summed E-state index contributed by atoms with van der Waals surface area (Å²) in [6, 6.07) is -0.979. The summed E-state index contributed by atoms with van der Waals surface area (Å²) < 4.78 is 0. The SMILES string of the molecule is CCCCCCCCCCCCCCCCCCCCC(O)C(=O)NC(CO)C(O)C(O)CCCCCCCCCCCCCC(C)C. The first kappa shape index (κ1) is 47.3. The van der Waals surface area contributed by atoms with Gasteiger partial charge in [0.15, 0.2) is 0 Å². The van der Waals surface area contributed by atoms with Crippen LogP contribution in [0.25, 0.3) is 0 Å². The molecule has 48 heavy (non-hydrogen) atoms. The van der Waals surface area contributed by atoms with Crippen molar-refractivity contribution in [2.75, 3.05) is 6.61 Å². The van der Waals surface area contributed by atoms with Gasteiger partial charge in [-0.1, -0.05) is 213 Å². The molecule has 0 aromatic rings. The monoisotopic (exact) mass is 684 g/mol. The van der Waals surface area contributed by atoms with Crippen LogP contribution < -0.4 is 5.32 Å². The van der Waals surface area contributed by atoms with Gasteiger partial charge in [0.1, 0.15) is 12.2 Å². The highest BCUT2D eigenvalue weighted by Gasteiger charge is 2.28. The van der Waals surface area contributed by atoms with Crippen LogP contribution in [-0.4, -0.2) is 57.3 Å². The zero-order chi connectivity index (χ0) is 35.5. The smallest absolute Gasteiger partial charge is 0.249 e. The van der Waals surface area contributed by atoms with E-state index in [9.17, 15) is 25.2 Å². The molecule has 0 spiro atoms. The lowest BCUT2D eigenvalue weighted by atomic mass is 9.99. The van der Waals surface area contributed by atoms with Crippen LogP contribution in [0.15, 0.2) is 0 Å². The molecule has 6 nitrogen and oxygen atoms in total. The largest absolute Gasteiger partial charge is 0.394 e. The molecule has 0 aliphatic rings. The van der Waals surface area contributed by atoms with E-state index in [0.29, 0.717) is 12.8 Å². The Morgan fingerprint density at radius 2 is 0.792 bits per heavy atom. The summed E-state index contributed by atoms with van der Waals surface area (Å²) in [5.74, 6) is 0.242. The molecule has 0 fully saturated rings. The van der Waals surface area contributed by atoms with E-state index in [2.05, 4.69) is 26.1 Å². The second-order valence-electron chi connectivity index (χ2n) is 15.5. The normalized spacial score (nSPS) is 14.3. The Hall–Kier alpha value is -0.690. The Labute approximate surface area is 299 Å². The van der Waals surface area contributed by atoms with Gasteiger partial charge in [-0.15, -0.1) is 0 Å². The Morgan fingerprint density at radius 3 is 1.12 bits per heavy atom. The van der Waals surface area contributed by atoms with E-state index in [-0.39, 0.29) is 0 Å². The number of hydrogen-bond acceptors (Lipinski definition) is 5. The highest BCUT2D eigenvalue weighted by Crippen LogP contribution is 2.17. The fourth-order valence-electron chi connectivity index (χ4n) is 6.82. The molecule has 0 bridgehead atoms. The van der Waals surface area contributed by atoms with Crippen LogP contribution in [0.3, 0.4) is 0 Å². The molecule has 0 rings (SSSR count). The minimum absolute atomic E-state index is 0.375. The van der Waals surface area contributed by atoms with Gasteiger partial charge in [-0.3, -0.25) is 4.79 Å². The molecule has 0 saturated carbocycles. The van der Waals surface area contributed by atoms with E-state index < -0.39 is 36.9 Å². The number of rotatable bonds is 38. The third-order valence-electron chi connectivity index (χ3n) is 10.2. The van der Waals surface area contributed by atoms with Crippen molar-refractivity contribution in [3.8, 4) is 0 Å². The minimum Gasteiger partial charge on any atom is -0.394 e. The van der Waals surface area contributed by atoms with Gasteiger partial charge in [0.2, 0.25) is 5.91 Å². The van der Waals surface area contributed by atoms with E-state index in [1.54, 1.807) is 0 Å². The molecule has 288 valence electrons. The minimum atomic E-state index is -1.25. The van der Waals surface area contributed by atoms with Crippen molar-refractivity contribution in [1.29, 1.82) is 0 Å². The van der Waals surface area contributed by atoms with Gasteiger partial charge in [0.05, 0.1) is 18.8 Å². The molecule has 0 radical (unpaired) electrons. The number of carbonyl (C=O) groups excluding carboxylic acids is 1. The molecule has 5 N–H and O–H groups in total. The van der Waals surface area contributed by atoms with Gasteiger partial charge >= 0.3 is 0 Å². The zero-order valence-corrected chi connectivity index (χ0v) is 32.4. The Kier molecular flexibility index (Phi) is 35.6. The van der Waals surface area contributed by atoms with Crippen molar-refractivity contribution in [3.63, 3.8) is 0 Å². The molecule has 4 atom stereocenters. The van der Waals surface area contributed by atoms with Crippen molar-refractivity contribution >= 4 is 5.91 Å². The van der Waals surface area contributed by atoms with Gasteiger partial charge < -0.3 is 25.7 Å². The lowest BCUT2D eigenvalue weighted by molar-refractivity contribution is -0.132. The molecule has 0 saturated heterocycles. The number of hydrogen-bond donors (Lipinski definition) is 5. The molecule has 4 unspecified atom stereocenters. The Bertz CT molecular complexity index is 660. The quantitative estimate of drug-likeness (QED) is 0.0416. The van der Waals surface area contributed by atoms with Crippen LogP contribution in [0.1, 0.15) is 226 Å². The van der Waals surface area contributed by atoms with Gasteiger partial charge in [-0.25, -0.2) is 0 Å². The number of nitrogens with one attached hydrogen (secondary N) is 1. The first-order valence-electron chi connectivity index (χ1n) is 21.3. The first-order valence-corrected chi connectivity index (χ1v) is 21.3. The van der Waals surface area contributed by atoms with Crippen molar-refractivity contribution in [1.82, 2.24) is 5.32 Å². The predicted octanol–water partition coefficient (Wildman–Crippen LogP) is 10.7. The van der Waals surface area contributed by atoms with E-state index in [0.717, 1.165) is 44.4 Å². The van der Waals surface area contributed by atoms with E-state index >= 15 is 0 Å². The number of unbranched alkanes of at least 4 members (excludes halogenated alkanes) is 27. The summed E-state index contributed by atoms with van der Waals surface area (Å²) in [4.78, 5) is 12.5. The van der Waals surface area contributed by atoms with Gasteiger partial charge in [-0.2, -0.15) is 0 Å². The molecule has 0 aliphatic heterocycles. The van der Waals surface area contributed by atoms with Gasteiger partial charge in [-0.05, 0) is 18.8 Å². The molecule has 1 amide bonds. The summed E-state index contributed by atoms with van der Waals surface area (Å²) in [5, 5.41) is 43.6. The second-order valence-corrected chi connectivity index (χ2v) is 15.5. The topological polar surface area (TPSA) is 110 Å². The Morgan fingerprint density at radius 1 is 0.479 bits per heavy atom. The van der Waals surface area contributed by atoms with Crippen molar-refractivity contribution in [2.45, 2.75) is 251 Å². The lowest BCUT2D eigenvalue weighted by Gasteiger charge is -2.27. The first-order chi connectivity index (χ1) is 23.3. The average Bonchev–Trinajstić information content (AvgIpc) is 3.07. The van der Waals surface area contributed by atoms with Crippen molar-refractivity contribution in [3.05, 3.63) is 0 Å². The number of carbonyl (C=O) groups is 1. The maximum absolute atomic E-state index is 12.5. The van der Waals surface area contributed by atoms with Crippen molar-refractivity contribution < 1.29 is 25.2 Å². The molecular formula is C42H85NO5. The molecule has 0 aromatic carbocycles. The van der Waals surface area contributed by atoms with Crippen molar-refractivity contribution in [2.24, 2.45) is 5.92 Å². The average molecular weight is 684 g/mol. The van der Waals surface area contributed by atoms with Crippen LogP contribution in [0.5, 0.6) is 0 Å². The van der Waals surface area contributed by atoms with Crippen LogP contribution in [-0.2, 0) is 4.79 Å². The summed E-state index contributed by atoms with van der Waals surface area (Å²) in [6.45, 7) is 6.39. The van der Waals surface area contributed by atoms with Crippen LogP contribution in [0, 0.1) is 5.92 Å². The zero-order valence-electron chi connectivity index (χ0n) is 32.4. The summed E-state index contributed by atoms with van der Waals surface area (Å²) in [6.07, 6.45) is 35.6. The fraction of sp³-hybridized carbons (Fsp3) is 0.976. The fourth-order valence-corrected chi connectivity index (χ4v) is 6.82. The third-order valence-corrected chi connectivity index (χ3v) is 10.2. The second kappa shape index (κ2) is 36.1. The maximum atomic E-state index is 12.5. The van der Waals surface area contributed by atoms with Gasteiger partial charge in [0.25, 0.3) is 0 Å². The predicted molar refractivity (Wildman–Crippen MR) is 205 cm³/mol. The van der Waals surface area contributed by atoms with E-state index in [1.807, 2.05) is 0 Å². The van der Waals surface area contributed by atoms with Crippen LogP contribution >= 0.6 is 0 Å². The Balaban J connectivity index is 3.72. The van der Waals surface area contributed by atoms with Crippen LogP contribution in [0.2, 0.25) is 0 Å². The maximum Gasteiger partial charge on any atom is 0.249 e. The summed E-state index contributed by atoms with van der Waals surface area (Å²) in [5.41, 5.74) is 0. The summed E-state index contributed by atoms with van der Waals surface area (Å²) in [7, 11) is 0.